The zero-order valence-electron chi connectivity index (χ0n) is 7.67. The van der Waals surface area contributed by atoms with Crippen molar-refractivity contribution >= 4 is 21.4 Å². The van der Waals surface area contributed by atoms with Crippen molar-refractivity contribution in [3.05, 3.63) is 40.6 Å². The fourth-order valence-electron chi connectivity index (χ4n) is 0.738. The van der Waals surface area contributed by atoms with Gasteiger partial charge >= 0.3 is 9.76 Å². The van der Waals surface area contributed by atoms with Gasteiger partial charge in [0.2, 0.25) is 0 Å². The Kier molecular flexibility index (Phi) is 4.06. The summed E-state index contributed by atoms with van der Waals surface area (Å²) >= 11 is 5.90. The zero-order chi connectivity index (χ0) is 9.68. The van der Waals surface area contributed by atoms with E-state index in [1.165, 1.54) is 5.57 Å². The van der Waals surface area contributed by atoms with Crippen molar-refractivity contribution in [3.8, 4) is 5.75 Å². The van der Waals surface area contributed by atoms with Crippen LogP contribution in [0, 0.1) is 0 Å². The van der Waals surface area contributed by atoms with E-state index in [9.17, 15) is 0 Å². The summed E-state index contributed by atoms with van der Waals surface area (Å²) in [7, 11) is 0.340. The number of rotatable bonds is 3. The molecule has 0 fully saturated rings. The molecule has 1 aromatic carbocycles. The smallest absolute Gasteiger partial charge is 0.343 e. The van der Waals surface area contributed by atoms with Crippen LogP contribution in [0.2, 0.25) is 5.02 Å². The molecule has 0 spiro atoms. The molecule has 0 N–H and O–H groups in total. The topological polar surface area (TPSA) is 9.23 Å². The lowest BCUT2D eigenvalue weighted by molar-refractivity contribution is 0.604. The molecule has 1 aromatic rings. The van der Waals surface area contributed by atoms with Crippen LogP contribution in [-0.2, 0) is 0 Å². The molecule has 2 radical (unpaired) electrons. The normalized spacial score (nSPS) is 9.46. The summed E-state index contributed by atoms with van der Waals surface area (Å²) in [5.74, 6) is 0.750. The van der Waals surface area contributed by atoms with Crippen LogP contribution in [0.5, 0.6) is 5.75 Å². The SMILES string of the molecule is CC(C)=C[Si]Oc1ccccc1Cl. The summed E-state index contributed by atoms with van der Waals surface area (Å²) in [4.78, 5) is 0. The summed E-state index contributed by atoms with van der Waals surface area (Å²) in [6.07, 6.45) is 0. The maximum Gasteiger partial charge on any atom is 0.343 e. The second-order valence-corrected chi connectivity index (χ2v) is 4.01. The lowest BCUT2D eigenvalue weighted by Crippen LogP contribution is -1.99. The molecule has 1 rings (SSSR count). The van der Waals surface area contributed by atoms with Gasteiger partial charge in [0.25, 0.3) is 0 Å². The minimum atomic E-state index is 0.340. The van der Waals surface area contributed by atoms with Crippen molar-refractivity contribution in [2.45, 2.75) is 13.8 Å². The first-order valence-electron chi connectivity index (χ1n) is 4.00. The van der Waals surface area contributed by atoms with E-state index in [-0.39, 0.29) is 0 Å². The van der Waals surface area contributed by atoms with Gasteiger partial charge in [-0.2, -0.15) is 0 Å². The molecule has 0 saturated heterocycles. The van der Waals surface area contributed by atoms with Crippen LogP contribution >= 0.6 is 11.6 Å². The molecule has 3 heteroatoms. The second-order valence-electron chi connectivity index (χ2n) is 2.87. The summed E-state index contributed by atoms with van der Waals surface area (Å²) in [6.45, 7) is 4.09. The summed E-state index contributed by atoms with van der Waals surface area (Å²) in [5.41, 5.74) is 3.30. The average Bonchev–Trinajstić information content (AvgIpc) is 2.08. The standard InChI is InChI=1S/C10H11ClOSi/c1-8(2)7-13-12-10-6-4-3-5-9(10)11/h3-7H,1-2H3. The monoisotopic (exact) mass is 210 g/mol. The fraction of sp³-hybridized carbons (Fsp3) is 0.200. The minimum Gasteiger partial charge on any atom is -0.535 e. The summed E-state index contributed by atoms with van der Waals surface area (Å²) < 4.78 is 5.47. The first-order chi connectivity index (χ1) is 6.20. The largest absolute Gasteiger partial charge is 0.535 e. The van der Waals surface area contributed by atoms with Gasteiger partial charge < -0.3 is 4.43 Å². The molecule has 0 saturated carbocycles. The first-order valence-corrected chi connectivity index (χ1v) is 5.37. The highest BCUT2D eigenvalue weighted by molar-refractivity contribution is 6.37. The Bertz CT molecular complexity index is 306. The molecule has 0 unspecified atom stereocenters. The average molecular weight is 211 g/mol. The van der Waals surface area contributed by atoms with Crippen LogP contribution < -0.4 is 4.43 Å². The summed E-state index contributed by atoms with van der Waals surface area (Å²) in [5, 5.41) is 0.664. The third kappa shape index (κ3) is 3.66. The fourth-order valence-corrected chi connectivity index (χ4v) is 1.58. The molecule has 0 aliphatic rings. The van der Waals surface area contributed by atoms with Gasteiger partial charge in [-0.15, -0.1) is 0 Å². The van der Waals surface area contributed by atoms with E-state index in [2.05, 4.69) is 0 Å². The van der Waals surface area contributed by atoms with E-state index in [0.717, 1.165) is 5.75 Å². The van der Waals surface area contributed by atoms with E-state index in [0.29, 0.717) is 14.8 Å². The third-order valence-corrected chi connectivity index (χ3v) is 2.70. The number of hydrogen-bond donors (Lipinski definition) is 0. The van der Waals surface area contributed by atoms with Crippen LogP contribution in [0.25, 0.3) is 0 Å². The molecule has 0 bridgehead atoms. The molecule has 1 nitrogen and oxygen atoms in total. The Hall–Kier alpha value is -0.733. The third-order valence-electron chi connectivity index (χ3n) is 1.35. The van der Waals surface area contributed by atoms with Crippen molar-refractivity contribution in [1.82, 2.24) is 0 Å². The van der Waals surface area contributed by atoms with E-state index in [1.54, 1.807) is 0 Å². The van der Waals surface area contributed by atoms with Gasteiger partial charge in [0, 0.05) is 0 Å². The molecule has 0 atom stereocenters. The lowest BCUT2D eigenvalue weighted by Gasteiger charge is -2.03. The highest BCUT2D eigenvalue weighted by Gasteiger charge is 1.98. The highest BCUT2D eigenvalue weighted by atomic mass is 35.5. The van der Waals surface area contributed by atoms with Crippen LogP contribution in [0.1, 0.15) is 13.8 Å². The molecule has 0 aromatic heterocycles. The van der Waals surface area contributed by atoms with Gasteiger partial charge in [0.15, 0.2) is 0 Å². The quantitative estimate of drug-likeness (QED) is 0.696. The molecular formula is C10H11ClOSi. The molecule has 13 heavy (non-hydrogen) atoms. The Morgan fingerprint density at radius 2 is 2.08 bits per heavy atom. The number of benzene rings is 1. The number of hydrogen-bond acceptors (Lipinski definition) is 1. The number of halogens is 1. The van der Waals surface area contributed by atoms with Crippen LogP contribution in [-0.4, -0.2) is 9.76 Å². The van der Waals surface area contributed by atoms with Gasteiger partial charge in [0.05, 0.1) is 5.02 Å². The van der Waals surface area contributed by atoms with Crippen molar-refractivity contribution in [2.75, 3.05) is 0 Å². The van der Waals surface area contributed by atoms with Crippen LogP contribution in [0.15, 0.2) is 35.5 Å². The maximum atomic E-state index is 5.90. The molecule has 0 aliphatic heterocycles. The van der Waals surface area contributed by atoms with Crippen molar-refractivity contribution in [2.24, 2.45) is 0 Å². The van der Waals surface area contributed by atoms with Crippen LogP contribution in [0.4, 0.5) is 0 Å². The van der Waals surface area contributed by atoms with Gasteiger partial charge in [-0.25, -0.2) is 0 Å². The predicted molar refractivity (Wildman–Crippen MR) is 57.3 cm³/mol. The van der Waals surface area contributed by atoms with Crippen molar-refractivity contribution < 1.29 is 4.43 Å². The van der Waals surface area contributed by atoms with Gasteiger partial charge in [0.1, 0.15) is 5.75 Å². The molecular weight excluding hydrogens is 200 g/mol. The summed E-state index contributed by atoms with van der Waals surface area (Å²) in [6, 6.07) is 7.49. The predicted octanol–water partition coefficient (Wildman–Crippen LogP) is 3.26. The zero-order valence-corrected chi connectivity index (χ0v) is 9.43. The number of para-hydroxylation sites is 1. The van der Waals surface area contributed by atoms with E-state index in [4.69, 9.17) is 16.0 Å². The number of allylic oxidation sites excluding steroid dienone is 1. The Morgan fingerprint density at radius 3 is 2.69 bits per heavy atom. The van der Waals surface area contributed by atoms with E-state index in [1.807, 2.05) is 43.8 Å². The van der Waals surface area contributed by atoms with Crippen molar-refractivity contribution in [1.29, 1.82) is 0 Å². The van der Waals surface area contributed by atoms with E-state index < -0.39 is 0 Å². The highest BCUT2D eigenvalue weighted by Crippen LogP contribution is 2.22. The molecule has 0 heterocycles. The Morgan fingerprint density at radius 1 is 1.38 bits per heavy atom. The van der Waals surface area contributed by atoms with Gasteiger partial charge in [-0.05, 0) is 26.0 Å². The minimum absolute atomic E-state index is 0.340. The van der Waals surface area contributed by atoms with Crippen LogP contribution in [0.3, 0.4) is 0 Å². The Balaban J connectivity index is 2.55. The Labute approximate surface area is 86.3 Å². The van der Waals surface area contributed by atoms with Crippen molar-refractivity contribution in [3.63, 3.8) is 0 Å². The first kappa shape index (κ1) is 10.3. The van der Waals surface area contributed by atoms with Gasteiger partial charge in [-0.1, -0.05) is 35.0 Å². The lowest BCUT2D eigenvalue weighted by atomic mass is 10.3. The van der Waals surface area contributed by atoms with Gasteiger partial charge in [-0.3, -0.25) is 0 Å². The molecule has 0 amide bonds. The van der Waals surface area contributed by atoms with E-state index >= 15 is 0 Å². The second kappa shape index (κ2) is 5.10. The maximum absolute atomic E-state index is 5.90. The molecule has 68 valence electrons. The molecule has 0 aliphatic carbocycles.